The Morgan fingerprint density at radius 2 is 0.704 bits per heavy atom. The van der Waals surface area contributed by atoms with Crippen LogP contribution in [0.1, 0.15) is 146 Å². The van der Waals surface area contributed by atoms with Crippen LogP contribution in [-0.4, -0.2) is 39.3 Å². The summed E-state index contributed by atoms with van der Waals surface area (Å²) in [6, 6.07) is 15.5. The second kappa shape index (κ2) is 14.4. The Kier molecular flexibility index (Phi) is 10.3. The van der Waals surface area contributed by atoms with Gasteiger partial charge in [0.25, 0.3) is 0 Å². The summed E-state index contributed by atoms with van der Waals surface area (Å²) >= 11 is 0. The number of benzene rings is 4. The van der Waals surface area contributed by atoms with E-state index in [1.54, 1.807) is 26.0 Å². The molecule has 7 heteroatoms. The van der Waals surface area contributed by atoms with E-state index in [0.29, 0.717) is 46.8 Å². The van der Waals surface area contributed by atoms with Crippen LogP contribution in [0.15, 0.2) is 48.5 Å². The van der Waals surface area contributed by atoms with Gasteiger partial charge in [0.2, 0.25) is 0 Å². The van der Waals surface area contributed by atoms with Crippen LogP contribution in [0.3, 0.4) is 0 Å². The van der Waals surface area contributed by atoms with Gasteiger partial charge >= 0.3 is 0 Å². The molecule has 2 fully saturated rings. The Bertz CT molecular complexity index is 2040. The molecule has 0 saturated heterocycles. The summed E-state index contributed by atoms with van der Waals surface area (Å²) < 4.78 is 0. The summed E-state index contributed by atoms with van der Waals surface area (Å²) in [7, 11) is 0. The van der Waals surface area contributed by atoms with Crippen molar-refractivity contribution in [1.82, 2.24) is 0 Å². The standard InChI is InChI=1S/C47H54O7/c1-27-16-37(17-28(2)41(27)51)46(38-18-29(3)42(52)32(21-38)24-48)12-8-35(9-13-46)45(6,7)36-10-14-47(15-11-36,39-19-30(4)43(53)33(22-39)25-49)40-20-31(5)44(54)34(23-40)26-50/h16-26,35-36,51-54H,8-15H2,1-7H3. The second-order valence-electron chi connectivity index (χ2n) is 17.0. The number of phenolic OH excluding ortho intramolecular Hbond substituents is 4. The van der Waals surface area contributed by atoms with E-state index in [2.05, 4.69) is 26.0 Å². The van der Waals surface area contributed by atoms with Gasteiger partial charge in [-0.1, -0.05) is 44.2 Å². The smallest absolute Gasteiger partial charge is 0.153 e. The minimum absolute atomic E-state index is 0.0138. The van der Waals surface area contributed by atoms with Gasteiger partial charge < -0.3 is 20.4 Å². The molecule has 7 nitrogen and oxygen atoms in total. The molecule has 0 aliphatic heterocycles. The van der Waals surface area contributed by atoms with Gasteiger partial charge in [-0.15, -0.1) is 0 Å². The predicted octanol–water partition coefficient (Wildman–Crippen LogP) is 10.2. The van der Waals surface area contributed by atoms with E-state index in [9.17, 15) is 34.8 Å². The lowest BCUT2D eigenvalue weighted by atomic mass is 9.53. The van der Waals surface area contributed by atoms with E-state index >= 15 is 0 Å². The van der Waals surface area contributed by atoms with E-state index in [1.807, 2.05) is 45.0 Å². The third-order valence-electron chi connectivity index (χ3n) is 13.9. The van der Waals surface area contributed by atoms with Crippen molar-refractivity contribution in [3.8, 4) is 23.0 Å². The molecule has 2 saturated carbocycles. The van der Waals surface area contributed by atoms with Crippen molar-refractivity contribution in [2.75, 3.05) is 0 Å². The van der Waals surface area contributed by atoms with Crippen LogP contribution >= 0.6 is 0 Å². The monoisotopic (exact) mass is 730 g/mol. The van der Waals surface area contributed by atoms with Crippen LogP contribution in [0.4, 0.5) is 0 Å². The van der Waals surface area contributed by atoms with E-state index in [-0.39, 0.29) is 39.4 Å². The molecule has 0 amide bonds. The number of aromatic hydroxyl groups is 4. The maximum atomic E-state index is 12.1. The Morgan fingerprint density at radius 1 is 0.463 bits per heavy atom. The minimum atomic E-state index is -0.525. The quantitative estimate of drug-likeness (QED) is 0.126. The number of carbonyl (C=O) groups excluding carboxylic acids is 3. The lowest BCUT2D eigenvalue weighted by Gasteiger charge is -2.52. The van der Waals surface area contributed by atoms with E-state index < -0.39 is 10.8 Å². The van der Waals surface area contributed by atoms with Crippen molar-refractivity contribution in [3.05, 3.63) is 115 Å². The largest absolute Gasteiger partial charge is 0.507 e. The molecule has 2 aliphatic carbocycles. The van der Waals surface area contributed by atoms with Crippen molar-refractivity contribution in [3.63, 3.8) is 0 Å². The van der Waals surface area contributed by atoms with Crippen LogP contribution in [0, 0.1) is 51.9 Å². The molecule has 0 unspecified atom stereocenters. The molecule has 4 N–H and O–H groups in total. The van der Waals surface area contributed by atoms with Crippen molar-refractivity contribution in [2.45, 2.75) is 111 Å². The number of aldehydes is 3. The predicted molar refractivity (Wildman–Crippen MR) is 212 cm³/mol. The van der Waals surface area contributed by atoms with Gasteiger partial charge in [-0.2, -0.15) is 0 Å². The highest BCUT2D eigenvalue weighted by Gasteiger charge is 2.48. The minimum Gasteiger partial charge on any atom is -0.507 e. The van der Waals surface area contributed by atoms with Gasteiger partial charge in [0.1, 0.15) is 23.0 Å². The average Bonchev–Trinajstić information content (AvgIpc) is 3.16. The molecule has 284 valence electrons. The van der Waals surface area contributed by atoms with Crippen molar-refractivity contribution in [2.24, 2.45) is 17.3 Å². The molecular weight excluding hydrogens is 677 g/mol. The number of hydrogen-bond acceptors (Lipinski definition) is 7. The number of phenols is 4. The lowest BCUT2D eigenvalue weighted by molar-refractivity contribution is 0.0364. The molecule has 0 atom stereocenters. The fourth-order valence-electron chi connectivity index (χ4n) is 10.3. The number of carbonyl (C=O) groups is 3. The summed E-state index contributed by atoms with van der Waals surface area (Å²) in [5.74, 6) is 1.07. The zero-order chi connectivity index (χ0) is 39.3. The first kappa shape index (κ1) is 38.8. The van der Waals surface area contributed by atoms with Crippen molar-refractivity contribution >= 4 is 18.9 Å². The van der Waals surface area contributed by atoms with Gasteiger partial charge in [0, 0.05) is 10.8 Å². The van der Waals surface area contributed by atoms with Crippen molar-refractivity contribution < 1.29 is 34.8 Å². The SMILES string of the molecule is Cc1cc(C2(c3cc(C)c(O)c(C=O)c3)CCC(C(C)(C)C3CCC(c4cc(C)c(O)c(C=O)c4)(c4cc(C)c(O)c(C=O)c4)CC3)CC2)cc(C)c1O. The zero-order valence-electron chi connectivity index (χ0n) is 32.7. The maximum Gasteiger partial charge on any atom is 0.153 e. The van der Waals surface area contributed by atoms with E-state index in [1.165, 1.54) is 0 Å². The summed E-state index contributed by atoms with van der Waals surface area (Å²) in [5, 5.41) is 42.7. The van der Waals surface area contributed by atoms with E-state index in [0.717, 1.165) is 91.0 Å². The second-order valence-corrected chi connectivity index (χ2v) is 17.0. The Hall–Kier alpha value is -4.91. The van der Waals surface area contributed by atoms with Crippen LogP contribution in [0.25, 0.3) is 0 Å². The van der Waals surface area contributed by atoms with E-state index in [4.69, 9.17) is 0 Å². The van der Waals surface area contributed by atoms with Crippen LogP contribution in [-0.2, 0) is 10.8 Å². The van der Waals surface area contributed by atoms with Gasteiger partial charge in [0.05, 0.1) is 16.7 Å². The molecule has 54 heavy (non-hydrogen) atoms. The summed E-state index contributed by atoms with van der Waals surface area (Å²) in [4.78, 5) is 36.2. The van der Waals surface area contributed by atoms with Crippen LogP contribution in [0.5, 0.6) is 23.0 Å². The highest BCUT2D eigenvalue weighted by atomic mass is 16.3. The topological polar surface area (TPSA) is 132 Å². The first-order valence-electron chi connectivity index (χ1n) is 19.2. The molecule has 0 spiro atoms. The average molecular weight is 731 g/mol. The Labute approximate surface area is 319 Å². The van der Waals surface area contributed by atoms with Crippen LogP contribution < -0.4 is 0 Å². The lowest BCUT2D eigenvalue weighted by Crippen LogP contribution is -2.43. The molecule has 4 aromatic rings. The maximum absolute atomic E-state index is 12.1. The molecule has 0 bridgehead atoms. The molecular formula is C47H54O7. The molecule has 6 rings (SSSR count). The van der Waals surface area contributed by atoms with Gasteiger partial charge in [0.15, 0.2) is 18.9 Å². The first-order chi connectivity index (χ1) is 25.5. The fourth-order valence-corrected chi connectivity index (χ4v) is 10.3. The van der Waals surface area contributed by atoms with Gasteiger partial charge in [-0.25, -0.2) is 0 Å². The number of rotatable bonds is 9. The highest BCUT2D eigenvalue weighted by Crippen LogP contribution is 2.58. The summed E-state index contributed by atoms with van der Waals surface area (Å²) in [5.41, 5.74) is 7.37. The first-order valence-corrected chi connectivity index (χ1v) is 19.2. The third-order valence-corrected chi connectivity index (χ3v) is 13.9. The van der Waals surface area contributed by atoms with Crippen molar-refractivity contribution in [1.29, 1.82) is 0 Å². The van der Waals surface area contributed by atoms with Gasteiger partial charge in [-0.05, 0) is 172 Å². The number of aryl methyl sites for hydroxylation is 5. The fraction of sp³-hybridized carbons (Fsp3) is 0.426. The zero-order valence-corrected chi connectivity index (χ0v) is 32.7. The Morgan fingerprint density at radius 3 is 0.963 bits per heavy atom. The molecule has 4 aromatic carbocycles. The van der Waals surface area contributed by atoms with Gasteiger partial charge in [-0.3, -0.25) is 14.4 Å². The normalized spacial score (nSPS) is 20.4. The molecule has 0 radical (unpaired) electrons. The Balaban J connectivity index is 1.33. The molecule has 0 aromatic heterocycles. The molecule has 0 heterocycles. The third kappa shape index (κ3) is 6.39. The number of hydrogen-bond donors (Lipinski definition) is 4. The van der Waals surface area contributed by atoms with Crippen LogP contribution in [0.2, 0.25) is 0 Å². The summed E-state index contributed by atoms with van der Waals surface area (Å²) in [6.07, 6.45) is 9.11. The molecule has 2 aliphatic rings. The summed E-state index contributed by atoms with van der Waals surface area (Å²) in [6.45, 7) is 14.1. The highest BCUT2D eigenvalue weighted by molar-refractivity contribution is 5.82.